The summed E-state index contributed by atoms with van der Waals surface area (Å²) in [7, 11) is 0. The molecule has 2 aromatic rings. The van der Waals surface area contributed by atoms with E-state index in [1.807, 2.05) is 12.3 Å². The molecule has 2 saturated carbocycles. The van der Waals surface area contributed by atoms with Gasteiger partial charge in [0.2, 0.25) is 11.9 Å². The number of pyridine rings is 1. The van der Waals surface area contributed by atoms with Crippen LogP contribution in [-0.2, 0) is 11.4 Å². The predicted octanol–water partition coefficient (Wildman–Crippen LogP) is 2.70. The lowest BCUT2D eigenvalue weighted by atomic mass is 9.85. The molecule has 0 spiro atoms. The third kappa shape index (κ3) is 5.20. The van der Waals surface area contributed by atoms with Crippen LogP contribution in [0.15, 0.2) is 24.5 Å². The molecule has 154 valence electrons. The molecule has 8 nitrogen and oxygen atoms in total. The number of anilines is 3. The fourth-order valence-electron chi connectivity index (χ4n) is 3.33. The van der Waals surface area contributed by atoms with Gasteiger partial charge in [-0.3, -0.25) is 9.78 Å². The Kier molecular flexibility index (Phi) is 6.19. The second-order valence-corrected chi connectivity index (χ2v) is 7.79. The molecule has 0 saturated heterocycles. The number of carbonyl (C=O) groups is 1. The van der Waals surface area contributed by atoms with Crippen molar-refractivity contribution in [2.75, 3.05) is 23.7 Å². The fourth-order valence-corrected chi connectivity index (χ4v) is 3.33. The summed E-state index contributed by atoms with van der Waals surface area (Å²) >= 11 is 0. The summed E-state index contributed by atoms with van der Waals surface area (Å²) in [6.07, 6.45) is 9.99. The van der Waals surface area contributed by atoms with Gasteiger partial charge >= 0.3 is 0 Å². The van der Waals surface area contributed by atoms with Gasteiger partial charge in [-0.1, -0.05) is 6.42 Å². The first-order valence-electron chi connectivity index (χ1n) is 10.4. The van der Waals surface area contributed by atoms with Gasteiger partial charge in [0.15, 0.2) is 0 Å². The van der Waals surface area contributed by atoms with Gasteiger partial charge in [0.1, 0.15) is 5.82 Å². The van der Waals surface area contributed by atoms with E-state index in [1.54, 1.807) is 12.3 Å². The lowest BCUT2D eigenvalue weighted by Crippen LogP contribution is -2.35. The average molecular weight is 396 g/mol. The Balaban J connectivity index is 1.32. The maximum Gasteiger partial charge on any atom is 0.229 e. The summed E-state index contributed by atoms with van der Waals surface area (Å²) in [5.41, 5.74) is 2.54. The molecular formula is C21H28N6O2. The third-order valence-corrected chi connectivity index (χ3v) is 5.50. The SMILES string of the molecule is O=C(NCCCNc1nc(Nc2ccc(CO)nc2)ncc1C1CC1)C1CCC1. The predicted molar refractivity (Wildman–Crippen MR) is 111 cm³/mol. The molecule has 8 heteroatoms. The van der Waals surface area contributed by atoms with E-state index in [0.29, 0.717) is 24.1 Å². The van der Waals surface area contributed by atoms with Gasteiger partial charge in [0, 0.05) is 30.8 Å². The molecule has 0 unspecified atom stereocenters. The topological polar surface area (TPSA) is 112 Å². The van der Waals surface area contributed by atoms with Crippen molar-refractivity contribution in [1.29, 1.82) is 0 Å². The van der Waals surface area contributed by atoms with Crippen LogP contribution >= 0.6 is 0 Å². The normalized spacial score (nSPS) is 16.2. The molecule has 4 N–H and O–H groups in total. The second kappa shape index (κ2) is 9.17. The smallest absolute Gasteiger partial charge is 0.229 e. The Hall–Kier alpha value is -2.74. The molecule has 29 heavy (non-hydrogen) atoms. The van der Waals surface area contributed by atoms with Crippen LogP contribution in [0.25, 0.3) is 0 Å². The van der Waals surface area contributed by atoms with Crippen LogP contribution < -0.4 is 16.0 Å². The number of aliphatic hydroxyl groups excluding tert-OH is 1. The molecule has 2 heterocycles. The first kappa shape index (κ1) is 19.6. The van der Waals surface area contributed by atoms with E-state index in [-0.39, 0.29) is 18.4 Å². The molecule has 1 amide bonds. The number of rotatable bonds is 10. The van der Waals surface area contributed by atoms with Gasteiger partial charge in [-0.15, -0.1) is 0 Å². The highest BCUT2D eigenvalue weighted by molar-refractivity contribution is 5.79. The van der Waals surface area contributed by atoms with E-state index in [9.17, 15) is 4.79 Å². The number of hydrogen-bond donors (Lipinski definition) is 4. The zero-order valence-corrected chi connectivity index (χ0v) is 16.5. The number of aliphatic hydroxyl groups is 1. The van der Waals surface area contributed by atoms with E-state index < -0.39 is 0 Å². The summed E-state index contributed by atoms with van der Waals surface area (Å²) in [4.78, 5) is 25.2. The first-order valence-corrected chi connectivity index (χ1v) is 10.4. The molecule has 2 aliphatic carbocycles. The Bertz CT molecular complexity index is 834. The van der Waals surface area contributed by atoms with Crippen LogP contribution in [0.1, 0.15) is 55.7 Å². The molecule has 0 radical (unpaired) electrons. The quantitative estimate of drug-likeness (QED) is 0.457. The van der Waals surface area contributed by atoms with Crippen molar-refractivity contribution in [1.82, 2.24) is 20.3 Å². The Morgan fingerprint density at radius 3 is 2.62 bits per heavy atom. The highest BCUT2D eigenvalue weighted by Gasteiger charge is 2.28. The van der Waals surface area contributed by atoms with Gasteiger partial charge in [0.05, 0.1) is 24.2 Å². The zero-order chi connectivity index (χ0) is 20.1. The standard InChI is InChI=1S/C21H28N6O2/c28-13-17-8-7-16(11-24-17)26-21-25-12-18(14-5-6-14)19(27-21)22-9-2-10-23-20(29)15-3-1-4-15/h7-8,11-12,14-15,28H,1-6,9-10,13H2,(H,23,29)(H2,22,25,26,27). The average Bonchev–Trinajstić information content (AvgIpc) is 3.52. The first-order chi connectivity index (χ1) is 14.2. The van der Waals surface area contributed by atoms with E-state index in [2.05, 4.69) is 30.9 Å². The Labute approximate surface area is 170 Å². The van der Waals surface area contributed by atoms with Crippen LogP contribution in [-0.4, -0.2) is 39.1 Å². The minimum Gasteiger partial charge on any atom is -0.390 e. The minimum atomic E-state index is -0.0813. The maximum atomic E-state index is 11.9. The number of amides is 1. The molecule has 2 fully saturated rings. The maximum absolute atomic E-state index is 11.9. The largest absolute Gasteiger partial charge is 0.390 e. The van der Waals surface area contributed by atoms with Crippen molar-refractivity contribution in [2.24, 2.45) is 5.92 Å². The Morgan fingerprint density at radius 2 is 1.97 bits per heavy atom. The monoisotopic (exact) mass is 396 g/mol. The van der Waals surface area contributed by atoms with E-state index >= 15 is 0 Å². The van der Waals surface area contributed by atoms with Crippen LogP contribution in [0.5, 0.6) is 0 Å². The van der Waals surface area contributed by atoms with Gasteiger partial charge in [-0.05, 0) is 50.2 Å². The van der Waals surface area contributed by atoms with Crippen LogP contribution in [0.2, 0.25) is 0 Å². The lowest BCUT2D eigenvalue weighted by Gasteiger charge is -2.24. The number of hydrogen-bond acceptors (Lipinski definition) is 7. The van der Waals surface area contributed by atoms with Crippen LogP contribution in [0.4, 0.5) is 17.5 Å². The Morgan fingerprint density at radius 1 is 1.10 bits per heavy atom. The van der Waals surface area contributed by atoms with E-state index in [0.717, 1.165) is 42.9 Å². The molecule has 0 aliphatic heterocycles. The molecule has 0 aromatic carbocycles. The van der Waals surface area contributed by atoms with Crippen LogP contribution in [0, 0.1) is 5.92 Å². The fraction of sp³-hybridized carbons (Fsp3) is 0.524. The minimum absolute atomic E-state index is 0.0813. The van der Waals surface area contributed by atoms with Crippen molar-refractivity contribution >= 4 is 23.4 Å². The van der Waals surface area contributed by atoms with Crippen molar-refractivity contribution < 1.29 is 9.90 Å². The van der Waals surface area contributed by atoms with Crippen molar-refractivity contribution in [3.63, 3.8) is 0 Å². The third-order valence-electron chi connectivity index (χ3n) is 5.50. The van der Waals surface area contributed by atoms with Gasteiger partial charge in [0.25, 0.3) is 0 Å². The lowest BCUT2D eigenvalue weighted by molar-refractivity contribution is -0.127. The summed E-state index contributed by atoms with van der Waals surface area (Å²) < 4.78 is 0. The highest BCUT2D eigenvalue weighted by atomic mass is 16.3. The number of aromatic nitrogens is 3. The van der Waals surface area contributed by atoms with Crippen molar-refractivity contribution in [3.8, 4) is 0 Å². The van der Waals surface area contributed by atoms with Crippen molar-refractivity contribution in [2.45, 2.75) is 51.0 Å². The molecule has 4 rings (SSSR count). The summed E-state index contributed by atoms with van der Waals surface area (Å²) in [6, 6.07) is 3.60. The zero-order valence-electron chi connectivity index (χ0n) is 16.5. The summed E-state index contributed by atoms with van der Waals surface area (Å²) in [6.45, 7) is 1.34. The van der Waals surface area contributed by atoms with Crippen LogP contribution in [0.3, 0.4) is 0 Å². The number of carbonyl (C=O) groups excluding carboxylic acids is 1. The highest BCUT2D eigenvalue weighted by Crippen LogP contribution is 2.42. The van der Waals surface area contributed by atoms with Crippen molar-refractivity contribution in [3.05, 3.63) is 35.8 Å². The number of nitrogens with zero attached hydrogens (tertiary/aromatic N) is 3. The van der Waals surface area contributed by atoms with Gasteiger partial charge < -0.3 is 21.1 Å². The summed E-state index contributed by atoms with van der Waals surface area (Å²) in [5, 5.41) is 18.7. The molecule has 0 bridgehead atoms. The summed E-state index contributed by atoms with van der Waals surface area (Å²) in [5.74, 6) is 2.34. The van der Waals surface area contributed by atoms with E-state index in [4.69, 9.17) is 5.11 Å². The number of nitrogens with one attached hydrogen (secondary N) is 3. The van der Waals surface area contributed by atoms with E-state index in [1.165, 1.54) is 19.3 Å². The molecule has 2 aromatic heterocycles. The van der Waals surface area contributed by atoms with Gasteiger partial charge in [-0.2, -0.15) is 4.98 Å². The van der Waals surface area contributed by atoms with Gasteiger partial charge in [-0.25, -0.2) is 4.98 Å². The second-order valence-electron chi connectivity index (χ2n) is 7.79. The molecule has 0 atom stereocenters. The molecular weight excluding hydrogens is 368 g/mol. The molecule has 2 aliphatic rings.